The van der Waals surface area contributed by atoms with Crippen LogP contribution in [0.15, 0.2) is 111 Å². The Labute approximate surface area is 416 Å². The van der Waals surface area contributed by atoms with Crippen molar-refractivity contribution in [3.05, 3.63) is 149 Å². The maximum absolute atomic E-state index is 12.6. The van der Waals surface area contributed by atoms with Gasteiger partial charge in [-0.3, -0.25) is 0 Å². The van der Waals surface area contributed by atoms with Crippen LogP contribution >= 0.6 is 0 Å². The van der Waals surface area contributed by atoms with Gasteiger partial charge in [-0.2, -0.15) is 0 Å². The molecule has 6 rings (SSSR count). The number of nitrogens with zero attached hydrogens (tertiary/aromatic N) is 12. The van der Waals surface area contributed by atoms with E-state index in [0.29, 0.717) is 6.42 Å². The molecule has 388 valence electrons. The van der Waals surface area contributed by atoms with Crippen molar-refractivity contribution >= 4 is 0 Å². The number of unbranched alkanes of at least 4 members (excludes halogenated alkanes) is 5. The normalized spacial score (nSPS) is 32.3. The number of rotatable bonds is 27. The average Bonchev–Trinajstić information content (AvgIpc) is 3.38. The summed E-state index contributed by atoms with van der Waals surface area (Å²) in [5, 5.41) is 49.1. The summed E-state index contributed by atoms with van der Waals surface area (Å²) in [5.41, 5.74) is 49.8. The Bertz CT molecular complexity index is 2310. The molecule has 1 saturated carbocycles. The molecule has 0 spiro atoms. The van der Waals surface area contributed by atoms with Gasteiger partial charge in [0.05, 0.1) is 45.2 Å². The van der Waals surface area contributed by atoms with Crippen molar-refractivity contribution in [1.29, 1.82) is 0 Å². The first-order chi connectivity index (χ1) is 35.0. The largest absolute Gasteiger partial charge is 0.390 e. The zero-order valence-corrected chi connectivity index (χ0v) is 40.0. The van der Waals surface area contributed by atoms with Crippen molar-refractivity contribution in [3.8, 4) is 0 Å². The molecule has 3 aromatic rings. The minimum Gasteiger partial charge on any atom is -0.390 e. The molecule has 0 unspecified atom stereocenters. The predicted molar refractivity (Wildman–Crippen MR) is 258 cm³/mol. The van der Waals surface area contributed by atoms with Crippen LogP contribution in [0.5, 0.6) is 0 Å². The summed E-state index contributed by atoms with van der Waals surface area (Å²) in [6.45, 7) is 2.23. The van der Waals surface area contributed by atoms with Crippen molar-refractivity contribution in [3.63, 3.8) is 0 Å². The van der Waals surface area contributed by atoms with Gasteiger partial charge in [-0.15, -0.1) is 0 Å². The summed E-state index contributed by atoms with van der Waals surface area (Å²) in [6, 6.07) is 26.7. The number of benzene rings is 3. The third kappa shape index (κ3) is 14.8. The van der Waals surface area contributed by atoms with Gasteiger partial charge in [-0.05, 0) is 45.2 Å². The maximum Gasteiger partial charge on any atom is 0.187 e. The third-order valence-electron chi connectivity index (χ3n) is 12.7. The molecule has 3 fully saturated rings. The summed E-state index contributed by atoms with van der Waals surface area (Å²) in [6.07, 6.45) is -13.1. The SMILES string of the molecule is CCCCCCCCO[C@@H]1[C@@H](OCc2ccccc2)[C@@H](O[C@@H]2[C@@H](O)[C@H](O[C@H]3O[C@H](CN=[N+]=[N-])[C@@H](O)[C@H](O)[C@H]3N=[N+]=[N-])[C@](N)(N=[N+]=[N-])C[C@]2(N)N=[N+]=[N-])O[C@H](COCc2ccccc2)[C@H]1OCc1ccccc1. The Morgan fingerprint density at radius 3 is 1.68 bits per heavy atom. The lowest BCUT2D eigenvalue weighted by Gasteiger charge is -2.54. The molecule has 72 heavy (non-hydrogen) atoms. The third-order valence-corrected chi connectivity index (χ3v) is 12.7. The summed E-state index contributed by atoms with van der Waals surface area (Å²) in [7, 11) is 0. The van der Waals surface area contributed by atoms with Crippen molar-refractivity contribution in [2.45, 2.75) is 163 Å². The molecule has 1 aliphatic carbocycles. The fourth-order valence-electron chi connectivity index (χ4n) is 9.11. The number of azide groups is 4. The lowest BCUT2D eigenvalue weighted by molar-refractivity contribution is -0.355. The second-order valence-corrected chi connectivity index (χ2v) is 17.9. The van der Waals surface area contributed by atoms with E-state index in [4.69, 9.17) is 54.9 Å². The van der Waals surface area contributed by atoms with Gasteiger partial charge >= 0.3 is 0 Å². The predicted octanol–water partition coefficient (Wildman–Crippen LogP) is 6.75. The first-order valence-corrected chi connectivity index (χ1v) is 23.9. The Hall–Kier alpha value is -5.62. The second kappa shape index (κ2) is 28.0. The van der Waals surface area contributed by atoms with Crippen LogP contribution < -0.4 is 11.5 Å². The van der Waals surface area contributed by atoms with Crippen molar-refractivity contribution in [2.24, 2.45) is 31.9 Å². The van der Waals surface area contributed by atoms with Gasteiger partial charge in [0.15, 0.2) is 12.6 Å². The maximum atomic E-state index is 12.6. The van der Waals surface area contributed by atoms with Gasteiger partial charge in [0.2, 0.25) is 0 Å². The van der Waals surface area contributed by atoms with Gasteiger partial charge in [-0.25, -0.2) is 0 Å². The highest BCUT2D eigenvalue weighted by molar-refractivity contribution is 5.17. The minimum absolute atomic E-state index is 0.0169. The van der Waals surface area contributed by atoms with E-state index < -0.39 is 104 Å². The molecular formula is C47H64N14O11. The lowest BCUT2D eigenvalue weighted by Crippen LogP contribution is -2.75. The molecule has 25 nitrogen and oxygen atoms in total. The number of ether oxygens (including phenoxy) is 8. The van der Waals surface area contributed by atoms with Gasteiger partial charge in [0.25, 0.3) is 0 Å². The van der Waals surface area contributed by atoms with Crippen LogP contribution in [-0.2, 0) is 57.7 Å². The Balaban J connectivity index is 1.42. The van der Waals surface area contributed by atoms with E-state index in [1.54, 1.807) is 0 Å². The molecule has 0 bridgehead atoms. The van der Waals surface area contributed by atoms with E-state index >= 15 is 0 Å². The van der Waals surface area contributed by atoms with Gasteiger partial charge in [0, 0.05) is 32.7 Å². The Morgan fingerprint density at radius 1 is 0.597 bits per heavy atom. The molecule has 25 heteroatoms. The Morgan fingerprint density at radius 2 is 1.12 bits per heavy atom. The van der Waals surface area contributed by atoms with Crippen molar-refractivity contribution < 1.29 is 53.2 Å². The smallest absolute Gasteiger partial charge is 0.187 e. The van der Waals surface area contributed by atoms with E-state index in [9.17, 15) is 31.9 Å². The number of aliphatic hydroxyl groups is 3. The number of hydrogen-bond donors (Lipinski definition) is 5. The highest BCUT2D eigenvalue weighted by Crippen LogP contribution is 2.43. The van der Waals surface area contributed by atoms with Crippen LogP contribution in [0.4, 0.5) is 0 Å². The van der Waals surface area contributed by atoms with E-state index in [1.807, 2.05) is 91.0 Å². The fraction of sp³-hybridized carbons (Fsp3) is 0.617. The van der Waals surface area contributed by atoms with E-state index in [1.165, 1.54) is 0 Å². The van der Waals surface area contributed by atoms with E-state index in [0.717, 1.165) is 48.8 Å². The van der Waals surface area contributed by atoms with Crippen LogP contribution in [-0.4, -0.2) is 126 Å². The van der Waals surface area contributed by atoms with Crippen LogP contribution in [0, 0.1) is 0 Å². The van der Waals surface area contributed by atoms with Gasteiger partial charge in [-0.1, -0.05) is 150 Å². The Kier molecular flexibility index (Phi) is 21.7. The summed E-state index contributed by atoms with van der Waals surface area (Å²) in [4.78, 5) is 11.3. The molecular weight excluding hydrogens is 937 g/mol. The lowest BCUT2D eigenvalue weighted by atomic mass is 9.76. The molecule has 7 N–H and O–H groups in total. The minimum atomic E-state index is -2.38. The summed E-state index contributed by atoms with van der Waals surface area (Å²) < 4.78 is 52.4. The van der Waals surface area contributed by atoms with Crippen LogP contribution in [0.25, 0.3) is 41.8 Å². The van der Waals surface area contributed by atoms with E-state index in [2.05, 4.69) is 47.0 Å². The molecule has 0 aromatic heterocycles. The first kappa shape index (κ1) is 55.7. The molecule has 15 atom stereocenters. The number of aliphatic hydroxyl groups excluding tert-OH is 3. The van der Waals surface area contributed by atoms with Crippen molar-refractivity contribution in [1.82, 2.24) is 0 Å². The second-order valence-electron chi connectivity index (χ2n) is 17.9. The molecule has 3 aliphatic rings. The first-order valence-electron chi connectivity index (χ1n) is 23.9. The zero-order chi connectivity index (χ0) is 51.4. The topological polar surface area (TPSA) is 382 Å². The highest BCUT2D eigenvalue weighted by atomic mass is 16.7. The van der Waals surface area contributed by atoms with Crippen LogP contribution in [0.3, 0.4) is 0 Å². The molecule has 0 radical (unpaired) electrons. The quantitative estimate of drug-likeness (QED) is 0.0229. The summed E-state index contributed by atoms with van der Waals surface area (Å²) in [5.74, 6) is 0. The standard InChI is InChI=1S/C47H64N14O11/c1-2-3-4-5-6-16-23-66-40-39(67-26-31-19-12-8-13-20-31)34(28-65-25-30-17-10-7-11-18-30)70-45(41(40)68-27-32-21-14-9-15-22-32)72-43-38(64)42(46(48,56-60-52)29-47(43,49)57-61-53)71-44-35(55-59-51)37(63)36(62)33(69-44)24-54-58-50/h7-15,17-22,33-45,62-64H,2-6,16,23-29,48-49H2,1H3/t33-,34-,35-,36-,37-,38+,39-,40+,41-,42+,43-,44-,45-,46-,47+/m1/s1. The molecule has 2 aliphatic heterocycles. The summed E-state index contributed by atoms with van der Waals surface area (Å²) >= 11 is 0. The van der Waals surface area contributed by atoms with Crippen LogP contribution in [0.1, 0.15) is 68.6 Å². The van der Waals surface area contributed by atoms with E-state index in [-0.39, 0.29) is 33.0 Å². The number of nitrogens with two attached hydrogens (primary N) is 2. The molecule has 3 aromatic carbocycles. The van der Waals surface area contributed by atoms with Gasteiger partial charge < -0.3 is 64.7 Å². The highest BCUT2D eigenvalue weighted by Gasteiger charge is 2.62. The van der Waals surface area contributed by atoms with Crippen molar-refractivity contribution in [2.75, 3.05) is 19.8 Å². The molecule has 2 saturated heterocycles. The average molecular weight is 1000 g/mol. The van der Waals surface area contributed by atoms with Crippen LogP contribution in [0.2, 0.25) is 0 Å². The number of hydrogen-bond acceptors (Lipinski definition) is 17. The fourth-order valence-corrected chi connectivity index (χ4v) is 9.11. The monoisotopic (exact) mass is 1000 g/mol. The molecule has 2 heterocycles. The molecule has 0 amide bonds. The zero-order valence-electron chi connectivity index (χ0n) is 40.0. The van der Waals surface area contributed by atoms with Gasteiger partial charge in [0.1, 0.15) is 66.2 Å².